The number of rotatable bonds is 4. The lowest BCUT2D eigenvalue weighted by molar-refractivity contribution is -0.148. The molecule has 29 heavy (non-hydrogen) atoms. The highest BCUT2D eigenvalue weighted by molar-refractivity contribution is 5.80. The molecule has 0 atom stereocenters. The molecule has 0 saturated carbocycles. The lowest BCUT2D eigenvalue weighted by Crippen LogP contribution is -2.60. The topological polar surface area (TPSA) is 81.8 Å². The lowest BCUT2D eigenvalue weighted by Gasteiger charge is -2.50. The quantitative estimate of drug-likeness (QED) is 0.815. The van der Waals surface area contributed by atoms with Crippen LogP contribution in [0.15, 0.2) is 6.33 Å². The minimum atomic E-state index is -0.428. The van der Waals surface area contributed by atoms with Crippen molar-refractivity contribution in [1.29, 1.82) is 0 Å². The van der Waals surface area contributed by atoms with Crippen molar-refractivity contribution in [3.05, 3.63) is 17.7 Å². The predicted octanol–water partition coefficient (Wildman–Crippen LogP) is 1.13. The van der Waals surface area contributed by atoms with Crippen molar-refractivity contribution in [3.63, 3.8) is 0 Å². The Morgan fingerprint density at radius 3 is 2.48 bits per heavy atom. The third-order valence-electron chi connectivity index (χ3n) is 6.83. The number of likely N-dealkylation sites (tertiary alicyclic amines) is 2. The van der Waals surface area contributed by atoms with E-state index in [2.05, 4.69) is 14.9 Å². The second kappa shape index (κ2) is 8.83. The summed E-state index contributed by atoms with van der Waals surface area (Å²) in [6, 6.07) is 0. The number of piperidine rings is 1. The molecule has 2 fully saturated rings. The number of H-pyrrole nitrogens is 1. The number of aromatic amines is 1. The van der Waals surface area contributed by atoms with Crippen molar-refractivity contribution in [3.8, 4) is 0 Å². The predicted molar refractivity (Wildman–Crippen MR) is 108 cm³/mol. The second-order valence-corrected chi connectivity index (χ2v) is 8.56. The number of nitrogens with one attached hydrogen (secondary N) is 1. The van der Waals surface area contributed by atoms with Gasteiger partial charge in [0.05, 0.1) is 24.1 Å². The van der Waals surface area contributed by atoms with Gasteiger partial charge in [-0.15, -0.1) is 0 Å². The Hall–Kier alpha value is -1.93. The molecule has 0 radical (unpaired) electrons. The summed E-state index contributed by atoms with van der Waals surface area (Å²) in [6.45, 7) is 4.65. The number of methoxy groups -OCH3 is 1. The summed E-state index contributed by atoms with van der Waals surface area (Å²) in [6.07, 6.45) is 8.89. The van der Waals surface area contributed by atoms with Crippen LogP contribution in [0.4, 0.5) is 0 Å². The molecule has 1 spiro atoms. The molecule has 1 N–H and O–H groups in total. The summed E-state index contributed by atoms with van der Waals surface area (Å²) in [5.41, 5.74) is 1.67. The zero-order valence-electron chi connectivity index (χ0n) is 17.5. The Balaban J connectivity index is 1.45. The molecule has 0 aliphatic carbocycles. The van der Waals surface area contributed by atoms with Crippen LogP contribution >= 0.6 is 0 Å². The Morgan fingerprint density at radius 2 is 1.79 bits per heavy atom. The van der Waals surface area contributed by atoms with Gasteiger partial charge in [0.2, 0.25) is 11.8 Å². The molecule has 8 nitrogen and oxygen atoms in total. The van der Waals surface area contributed by atoms with E-state index in [9.17, 15) is 9.59 Å². The van der Waals surface area contributed by atoms with Gasteiger partial charge in [-0.1, -0.05) is 12.8 Å². The first-order valence-corrected chi connectivity index (χ1v) is 11.0. The minimum absolute atomic E-state index is 0.00509. The molecule has 0 aromatic carbocycles. The molecule has 2 amide bonds. The number of amides is 2. The van der Waals surface area contributed by atoms with E-state index in [1.807, 2.05) is 9.80 Å². The summed E-state index contributed by atoms with van der Waals surface area (Å²) < 4.78 is 5.12. The van der Waals surface area contributed by atoms with E-state index in [1.165, 1.54) is 25.7 Å². The van der Waals surface area contributed by atoms with Gasteiger partial charge in [0.25, 0.3) is 0 Å². The van der Waals surface area contributed by atoms with Crippen molar-refractivity contribution < 1.29 is 14.3 Å². The van der Waals surface area contributed by atoms with E-state index in [0.29, 0.717) is 26.2 Å². The molecule has 4 rings (SSSR count). The van der Waals surface area contributed by atoms with Crippen LogP contribution in [-0.2, 0) is 26.3 Å². The van der Waals surface area contributed by atoms with Gasteiger partial charge in [-0.05, 0) is 38.8 Å². The number of aromatic nitrogens is 2. The summed E-state index contributed by atoms with van der Waals surface area (Å²) >= 11 is 0. The maximum Gasteiger partial charge on any atom is 0.249 e. The Morgan fingerprint density at radius 1 is 1.07 bits per heavy atom. The molecule has 0 bridgehead atoms. The van der Waals surface area contributed by atoms with Gasteiger partial charge in [-0.2, -0.15) is 0 Å². The number of hydrogen-bond acceptors (Lipinski definition) is 5. The largest absolute Gasteiger partial charge is 0.375 e. The van der Waals surface area contributed by atoms with Crippen molar-refractivity contribution in [2.45, 2.75) is 50.5 Å². The molecule has 1 aromatic heterocycles. The SMILES string of the molecule is COCC(=O)N1CCc2[nH]cnc2C12CCN(C(=O)CN1CCCCCC1)CC2. The van der Waals surface area contributed by atoms with Crippen LogP contribution in [0.1, 0.15) is 49.9 Å². The number of ether oxygens (including phenoxy) is 1. The highest BCUT2D eigenvalue weighted by atomic mass is 16.5. The number of carbonyl (C=O) groups excluding carboxylic acids is 2. The smallest absolute Gasteiger partial charge is 0.249 e. The molecule has 0 unspecified atom stereocenters. The third-order valence-corrected chi connectivity index (χ3v) is 6.83. The summed E-state index contributed by atoms with van der Waals surface area (Å²) in [5.74, 6) is 0.222. The minimum Gasteiger partial charge on any atom is -0.375 e. The van der Waals surface area contributed by atoms with Crippen LogP contribution in [0.2, 0.25) is 0 Å². The highest BCUT2D eigenvalue weighted by Gasteiger charge is 2.49. The Labute approximate surface area is 172 Å². The van der Waals surface area contributed by atoms with Crippen molar-refractivity contribution >= 4 is 11.8 Å². The van der Waals surface area contributed by atoms with Crippen molar-refractivity contribution in [2.75, 3.05) is 53.0 Å². The molecule has 1 aromatic rings. The standard InChI is InChI=1S/C21H33N5O3/c1-29-15-19(28)26-11-6-17-20(23-16-22-17)21(26)7-12-25(13-8-21)18(27)14-24-9-4-2-3-5-10-24/h16H,2-15H2,1H3,(H,22,23). The second-order valence-electron chi connectivity index (χ2n) is 8.56. The molecule has 2 saturated heterocycles. The molecule has 4 heterocycles. The normalized spacial score (nSPS) is 22.4. The number of hydrogen-bond donors (Lipinski definition) is 1. The number of carbonyl (C=O) groups is 2. The van der Waals surface area contributed by atoms with Gasteiger partial charge in [-0.25, -0.2) is 4.98 Å². The molecule has 3 aliphatic heterocycles. The van der Waals surface area contributed by atoms with E-state index in [0.717, 1.165) is 43.7 Å². The van der Waals surface area contributed by atoms with Crippen LogP contribution in [0.25, 0.3) is 0 Å². The maximum atomic E-state index is 12.9. The average Bonchev–Trinajstić information content (AvgIpc) is 3.07. The molecule has 8 heteroatoms. The Bertz CT molecular complexity index is 718. The zero-order valence-corrected chi connectivity index (χ0v) is 17.5. The van der Waals surface area contributed by atoms with Gasteiger partial charge in [0.1, 0.15) is 6.61 Å². The fraction of sp³-hybridized carbons (Fsp3) is 0.762. The van der Waals surface area contributed by atoms with Gasteiger partial charge in [0, 0.05) is 38.9 Å². The molecular weight excluding hydrogens is 370 g/mol. The molecule has 3 aliphatic rings. The summed E-state index contributed by atoms with van der Waals surface area (Å²) in [4.78, 5) is 39.8. The first-order chi connectivity index (χ1) is 14.1. The highest BCUT2D eigenvalue weighted by Crippen LogP contribution is 2.42. The van der Waals surface area contributed by atoms with Gasteiger partial charge < -0.3 is 19.5 Å². The van der Waals surface area contributed by atoms with Crippen molar-refractivity contribution in [1.82, 2.24) is 24.7 Å². The first-order valence-electron chi connectivity index (χ1n) is 11.0. The van der Waals surface area contributed by atoms with Crippen LogP contribution in [0.3, 0.4) is 0 Å². The third kappa shape index (κ3) is 4.05. The molecule has 160 valence electrons. The van der Waals surface area contributed by atoms with Gasteiger partial charge in [0.15, 0.2) is 0 Å². The first kappa shape index (κ1) is 20.3. The van der Waals surface area contributed by atoms with E-state index in [-0.39, 0.29) is 18.4 Å². The van der Waals surface area contributed by atoms with Crippen LogP contribution in [0.5, 0.6) is 0 Å². The fourth-order valence-corrected chi connectivity index (χ4v) is 5.26. The van der Waals surface area contributed by atoms with Crippen LogP contribution in [-0.4, -0.2) is 89.5 Å². The van der Waals surface area contributed by atoms with Crippen molar-refractivity contribution in [2.24, 2.45) is 0 Å². The fourth-order valence-electron chi connectivity index (χ4n) is 5.26. The summed E-state index contributed by atoms with van der Waals surface area (Å²) in [5, 5.41) is 0. The Kier molecular flexibility index (Phi) is 6.20. The van der Waals surface area contributed by atoms with Crippen LogP contribution in [0, 0.1) is 0 Å². The maximum absolute atomic E-state index is 12.9. The molecular formula is C21H33N5O3. The van der Waals surface area contributed by atoms with E-state index >= 15 is 0 Å². The number of nitrogens with zero attached hydrogens (tertiary/aromatic N) is 4. The van der Waals surface area contributed by atoms with E-state index < -0.39 is 5.54 Å². The van der Waals surface area contributed by atoms with E-state index in [1.54, 1.807) is 13.4 Å². The van der Waals surface area contributed by atoms with E-state index in [4.69, 9.17) is 4.74 Å². The lowest BCUT2D eigenvalue weighted by atomic mass is 9.78. The average molecular weight is 404 g/mol. The monoisotopic (exact) mass is 403 g/mol. The number of imidazole rings is 1. The van der Waals surface area contributed by atoms with Gasteiger partial charge >= 0.3 is 0 Å². The number of fused-ring (bicyclic) bond motifs is 2. The summed E-state index contributed by atoms with van der Waals surface area (Å²) in [7, 11) is 1.55. The zero-order chi connectivity index (χ0) is 20.3. The van der Waals surface area contributed by atoms with Gasteiger partial charge in [-0.3, -0.25) is 14.5 Å². The van der Waals surface area contributed by atoms with Crippen LogP contribution < -0.4 is 0 Å².